The summed E-state index contributed by atoms with van der Waals surface area (Å²) in [4.78, 5) is 29.7. The lowest BCUT2D eigenvalue weighted by atomic mass is 10.2. The van der Waals surface area contributed by atoms with Crippen molar-refractivity contribution in [2.75, 3.05) is 48.4 Å². The van der Waals surface area contributed by atoms with Gasteiger partial charge < -0.3 is 19.9 Å². The molecule has 1 fully saturated rings. The van der Waals surface area contributed by atoms with E-state index in [1.54, 1.807) is 24.5 Å². The van der Waals surface area contributed by atoms with Gasteiger partial charge in [-0.3, -0.25) is 4.79 Å². The number of hydrogen-bond donors (Lipinski definition) is 1. The van der Waals surface area contributed by atoms with E-state index in [-0.39, 0.29) is 5.91 Å². The lowest BCUT2D eigenvalue weighted by Gasteiger charge is -2.36. The van der Waals surface area contributed by atoms with Crippen molar-refractivity contribution in [3.8, 4) is 5.88 Å². The Kier molecular flexibility index (Phi) is 5.51. The van der Waals surface area contributed by atoms with Crippen LogP contribution in [0.15, 0.2) is 61.1 Å². The molecule has 4 rings (SSSR count). The summed E-state index contributed by atoms with van der Waals surface area (Å²) in [5.74, 6) is 0.790. The Balaban J connectivity index is 1.35. The zero-order chi connectivity index (χ0) is 20.1. The molecule has 2 aromatic heterocycles. The van der Waals surface area contributed by atoms with Crippen molar-refractivity contribution in [1.82, 2.24) is 15.0 Å². The number of aromatic nitrogens is 3. The van der Waals surface area contributed by atoms with Crippen LogP contribution in [0.4, 0.5) is 17.3 Å². The van der Waals surface area contributed by atoms with Crippen molar-refractivity contribution in [3.63, 3.8) is 0 Å². The molecule has 0 aliphatic carbocycles. The lowest BCUT2D eigenvalue weighted by molar-refractivity contribution is 0.102. The largest absolute Gasteiger partial charge is 0.481 e. The highest BCUT2D eigenvalue weighted by Crippen LogP contribution is 2.18. The number of nitrogens with one attached hydrogen (secondary N) is 1. The zero-order valence-corrected chi connectivity index (χ0v) is 16.2. The van der Waals surface area contributed by atoms with Gasteiger partial charge in [0.15, 0.2) is 0 Å². The van der Waals surface area contributed by atoms with Crippen molar-refractivity contribution >= 4 is 23.2 Å². The van der Waals surface area contributed by atoms with E-state index in [1.807, 2.05) is 6.07 Å². The maximum atomic E-state index is 12.4. The second-order valence-corrected chi connectivity index (χ2v) is 6.62. The number of pyridine rings is 1. The fraction of sp³-hybridized carbons (Fsp3) is 0.238. The van der Waals surface area contributed by atoms with E-state index in [9.17, 15) is 4.79 Å². The molecule has 0 atom stereocenters. The molecule has 1 aliphatic rings. The summed E-state index contributed by atoms with van der Waals surface area (Å²) in [7, 11) is 1.51. The van der Waals surface area contributed by atoms with Crippen LogP contribution < -0.4 is 19.9 Å². The van der Waals surface area contributed by atoms with Gasteiger partial charge in [0, 0.05) is 49.7 Å². The van der Waals surface area contributed by atoms with E-state index in [0.29, 0.717) is 23.1 Å². The Morgan fingerprint density at radius 1 is 0.966 bits per heavy atom. The Hall–Kier alpha value is -3.68. The van der Waals surface area contributed by atoms with Crippen molar-refractivity contribution < 1.29 is 9.53 Å². The van der Waals surface area contributed by atoms with Crippen molar-refractivity contribution in [2.45, 2.75) is 0 Å². The first-order valence-corrected chi connectivity index (χ1v) is 9.41. The number of rotatable bonds is 5. The van der Waals surface area contributed by atoms with Crippen LogP contribution in [0.3, 0.4) is 0 Å². The Morgan fingerprint density at radius 3 is 2.34 bits per heavy atom. The maximum absolute atomic E-state index is 12.4. The summed E-state index contributed by atoms with van der Waals surface area (Å²) in [5.41, 5.74) is 2.23. The number of carbonyl (C=O) groups is 1. The number of ether oxygens (including phenoxy) is 1. The van der Waals surface area contributed by atoms with Crippen LogP contribution >= 0.6 is 0 Å². The quantitative estimate of drug-likeness (QED) is 0.716. The minimum Gasteiger partial charge on any atom is -0.481 e. The van der Waals surface area contributed by atoms with Crippen molar-refractivity contribution in [1.29, 1.82) is 0 Å². The third-order valence-electron chi connectivity index (χ3n) is 4.79. The molecule has 1 amide bonds. The van der Waals surface area contributed by atoms with Crippen LogP contribution in [-0.4, -0.2) is 54.1 Å². The normalized spacial score (nSPS) is 13.8. The first kappa shape index (κ1) is 18.7. The number of anilines is 3. The number of methoxy groups -OCH3 is 1. The number of piperazine rings is 1. The average Bonchev–Trinajstić information content (AvgIpc) is 2.80. The highest BCUT2D eigenvalue weighted by molar-refractivity contribution is 6.04. The highest BCUT2D eigenvalue weighted by Gasteiger charge is 2.19. The zero-order valence-electron chi connectivity index (χ0n) is 16.2. The van der Waals surface area contributed by atoms with Crippen LogP contribution in [0.2, 0.25) is 0 Å². The van der Waals surface area contributed by atoms with Gasteiger partial charge in [-0.2, -0.15) is 0 Å². The minimum atomic E-state index is -0.265. The molecular weight excluding hydrogens is 368 g/mol. The van der Waals surface area contributed by atoms with Crippen LogP contribution in [0.1, 0.15) is 10.4 Å². The molecular formula is C21H22N6O2. The average molecular weight is 390 g/mol. The molecule has 0 radical (unpaired) electrons. The Bertz CT molecular complexity index is 956. The van der Waals surface area contributed by atoms with Crippen LogP contribution in [-0.2, 0) is 0 Å². The summed E-state index contributed by atoms with van der Waals surface area (Å²) in [5, 5.41) is 2.79. The summed E-state index contributed by atoms with van der Waals surface area (Å²) < 4.78 is 5.05. The molecule has 1 aliphatic heterocycles. The molecule has 0 spiro atoms. The van der Waals surface area contributed by atoms with Gasteiger partial charge in [0.25, 0.3) is 5.91 Å². The molecule has 3 aromatic rings. The maximum Gasteiger partial charge on any atom is 0.255 e. The molecule has 0 saturated carbocycles. The summed E-state index contributed by atoms with van der Waals surface area (Å²) in [6.45, 7) is 3.51. The molecule has 29 heavy (non-hydrogen) atoms. The SMILES string of the molecule is COc1cc(C(=O)Nc2cnc(N3CCN(c4ccccc4)CC3)nc2)ccn1. The smallest absolute Gasteiger partial charge is 0.255 e. The van der Waals surface area contributed by atoms with Gasteiger partial charge >= 0.3 is 0 Å². The monoisotopic (exact) mass is 390 g/mol. The third-order valence-corrected chi connectivity index (χ3v) is 4.79. The van der Waals surface area contributed by atoms with E-state index in [1.165, 1.54) is 19.0 Å². The standard InChI is InChI=1S/C21H22N6O2/c1-29-19-13-16(7-8-22-19)20(28)25-17-14-23-21(24-15-17)27-11-9-26(10-12-27)18-5-3-2-4-6-18/h2-8,13-15H,9-12H2,1H3,(H,25,28). The molecule has 0 unspecified atom stereocenters. The Morgan fingerprint density at radius 2 is 1.66 bits per heavy atom. The first-order valence-electron chi connectivity index (χ1n) is 9.41. The van der Waals surface area contributed by atoms with Gasteiger partial charge in [-0.15, -0.1) is 0 Å². The topological polar surface area (TPSA) is 83.5 Å². The second-order valence-electron chi connectivity index (χ2n) is 6.62. The summed E-state index contributed by atoms with van der Waals surface area (Å²) in [6, 6.07) is 13.6. The van der Waals surface area contributed by atoms with Gasteiger partial charge in [0.2, 0.25) is 11.8 Å². The molecule has 1 aromatic carbocycles. The van der Waals surface area contributed by atoms with Crippen LogP contribution in [0.25, 0.3) is 0 Å². The fourth-order valence-electron chi connectivity index (χ4n) is 3.22. The van der Waals surface area contributed by atoms with Gasteiger partial charge in [-0.1, -0.05) is 18.2 Å². The predicted molar refractivity (Wildman–Crippen MR) is 112 cm³/mol. The van der Waals surface area contributed by atoms with Crippen LogP contribution in [0, 0.1) is 0 Å². The first-order chi connectivity index (χ1) is 14.2. The molecule has 3 heterocycles. The van der Waals surface area contributed by atoms with Gasteiger partial charge in [-0.05, 0) is 18.2 Å². The molecule has 0 bridgehead atoms. The molecule has 1 saturated heterocycles. The van der Waals surface area contributed by atoms with Gasteiger partial charge in [0.1, 0.15) is 0 Å². The second kappa shape index (κ2) is 8.55. The summed E-state index contributed by atoms with van der Waals surface area (Å²) in [6.07, 6.45) is 4.78. The van der Waals surface area contributed by atoms with Gasteiger partial charge in [-0.25, -0.2) is 15.0 Å². The van der Waals surface area contributed by atoms with E-state index in [4.69, 9.17) is 4.74 Å². The Labute approximate surface area is 169 Å². The number of amides is 1. The van der Waals surface area contributed by atoms with Crippen molar-refractivity contribution in [2.24, 2.45) is 0 Å². The third kappa shape index (κ3) is 4.43. The van der Waals surface area contributed by atoms with Crippen molar-refractivity contribution in [3.05, 3.63) is 66.6 Å². The fourth-order valence-corrected chi connectivity index (χ4v) is 3.22. The number of hydrogen-bond acceptors (Lipinski definition) is 7. The minimum absolute atomic E-state index is 0.265. The molecule has 8 heteroatoms. The van der Waals surface area contributed by atoms with Gasteiger partial charge in [0.05, 0.1) is 25.2 Å². The molecule has 1 N–H and O–H groups in total. The predicted octanol–water partition coefficient (Wildman–Crippen LogP) is 2.46. The number of nitrogens with zero attached hydrogens (tertiary/aromatic N) is 5. The van der Waals surface area contributed by atoms with E-state index in [2.05, 4.69) is 54.3 Å². The van der Waals surface area contributed by atoms with E-state index >= 15 is 0 Å². The molecule has 148 valence electrons. The molecule has 8 nitrogen and oxygen atoms in total. The highest BCUT2D eigenvalue weighted by atomic mass is 16.5. The lowest BCUT2D eigenvalue weighted by Crippen LogP contribution is -2.47. The van der Waals surface area contributed by atoms with Crippen LogP contribution in [0.5, 0.6) is 5.88 Å². The number of para-hydroxylation sites is 1. The number of benzene rings is 1. The summed E-state index contributed by atoms with van der Waals surface area (Å²) >= 11 is 0. The van der Waals surface area contributed by atoms with E-state index in [0.717, 1.165) is 26.2 Å². The number of carbonyl (C=O) groups excluding carboxylic acids is 1. The van der Waals surface area contributed by atoms with E-state index < -0.39 is 0 Å².